The van der Waals surface area contributed by atoms with Crippen molar-refractivity contribution < 1.29 is 9.90 Å². The van der Waals surface area contributed by atoms with Crippen LogP contribution in [0.4, 0.5) is 0 Å². The van der Waals surface area contributed by atoms with Gasteiger partial charge in [0.25, 0.3) is 0 Å². The number of aromatic nitrogens is 2. The van der Waals surface area contributed by atoms with Gasteiger partial charge in [-0.25, -0.2) is 4.79 Å². The first kappa shape index (κ1) is 10.8. The molecule has 0 bridgehead atoms. The van der Waals surface area contributed by atoms with Gasteiger partial charge >= 0.3 is 5.97 Å². The quantitative estimate of drug-likeness (QED) is 0.840. The lowest BCUT2D eigenvalue weighted by Gasteiger charge is -2.05. The highest BCUT2D eigenvalue weighted by Gasteiger charge is 2.15. The van der Waals surface area contributed by atoms with Crippen molar-refractivity contribution in [3.8, 4) is 17.3 Å². The van der Waals surface area contributed by atoms with Crippen LogP contribution in [0, 0.1) is 11.3 Å². The van der Waals surface area contributed by atoms with E-state index in [1.807, 2.05) is 6.07 Å². The van der Waals surface area contributed by atoms with Crippen molar-refractivity contribution in [3.05, 3.63) is 47.9 Å². The second kappa shape index (κ2) is 4.41. The lowest BCUT2D eigenvalue weighted by Crippen LogP contribution is -2.02. The molecule has 0 fully saturated rings. The monoisotopic (exact) mass is 225 g/mol. The average Bonchev–Trinajstić information content (AvgIpc) is 2.38. The van der Waals surface area contributed by atoms with Gasteiger partial charge in [-0.2, -0.15) is 5.26 Å². The molecule has 5 heteroatoms. The van der Waals surface area contributed by atoms with Gasteiger partial charge in [0, 0.05) is 24.2 Å². The fourth-order valence-electron chi connectivity index (χ4n) is 1.48. The summed E-state index contributed by atoms with van der Waals surface area (Å²) in [6.45, 7) is 0. The fraction of sp³-hybridized carbons (Fsp3) is 0. The minimum atomic E-state index is -1.09. The number of rotatable bonds is 2. The van der Waals surface area contributed by atoms with Crippen molar-refractivity contribution in [2.45, 2.75) is 0 Å². The fourth-order valence-corrected chi connectivity index (χ4v) is 1.48. The maximum absolute atomic E-state index is 11.0. The van der Waals surface area contributed by atoms with Crippen LogP contribution in [0.2, 0.25) is 0 Å². The molecule has 0 saturated heterocycles. The minimum absolute atomic E-state index is 0.0303. The molecule has 5 nitrogen and oxygen atoms in total. The van der Waals surface area contributed by atoms with Crippen molar-refractivity contribution in [3.63, 3.8) is 0 Å². The van der Waals surface area contributed by atoms with Crippen LogP contribution in [-0.4, -0.2) is 21.0 Å². The lowest BCUT2D eigenvalue weighted by atomic mass is 10.0. The summed E-state index contributed by atoms with van der Waals surface area (Å²) in [5.74, 6) is -1.09. The summed E-state index contributed by atoms with van der Waals surface area (Å²) in [6, 6.07) is 6.74. The van der Waals surface area contributed by atoms with Crippen LogP contribution in [0.5, 0.6) is 0 Å². The first-order valence-corrected chi connectivity index (χ1v) is 4.77. The summed E-state index contributed by atoms with van der Waals surface area (Å²) in [7, 11) is 0. The van der Waals surface area contributed by atoms with Gasteiger partial charge in [-0.3, -0.25) is 9.97 Å². The van der Waals surface area contributed by atoms with E-state index in [2.05, 4.69) is 9.97 Å². The van der Waals surface area contributed by atoms with Crippen molar-refractivity contribution in [2.75, 3.05) is 0 Å². The first-order valence-electron chi connectivity index (χ1n) is 4.77. The predicted octanol–water partition coefficient (Wildman–Crippen LogP) is 1.71. The molecular formula is C12H7N3O2. The zero-order chi connectivity index (χ0) is 12.3. The molecule has 0 atom stereocenters. The summed E-state index contributed by atoms with van der Waals surface area (Å²) in [6.07, 6.45) is 4.23. The predicted molar refractivity (Wildman–Crippen MR) is 59.1 cm³/mol. The van der Waals surface area contributed by atoms with Crippen LogP contribution >= 0.6 is 0 Å². The van der Waals surface area contributed by atoms with Crippen LogP contribution in [0.25, 0.3) is 11.3 Å². The number of carbonyl (C=O) groups is 1. The number of hydrogen-bond donors (Lipinski definition) is 1. The molecule has 2 heterocycles. The molecule has 0 radical (unpaired) electrons. The van der Waals surface area contributed by atoms with Gasteiger partial charge < -0.3 is 5.11 Å². The Hall–Kier alpha value is -2.74. The standard InChI is InChI=1S/C12H7N3O2/c13-6-8-2-1-4-15-11(8)9-3-5-14-7-10(9)12(16)17/h1-5,7H,(H,16,17). The van der Waals surface area contributed by atoms with Crippen molar-refractivity contribution in [1.82, 2.24) is 9.97 Å². The lowest BCUT2D eigenvalue weighted by molar-refractivity contribution is 0.0697. The van der Waals surface area contributed by atoms with Gasteiger partial charge in [0.2, 0.25) is 0 Å². The average molecular weight is 225 g/mol. The van der Waals surface area contributed by atoms with Gasteiger partial charge in [0.15, 0.2) is 0 Å². The summed E-state index contributed by atoms with van der Waals surface area (Å²) in [5, 5.41) is 18.0. The normalized spacial score (nSPS) is 9.59. The van der Waals surface area contributed by atoms with Crippen LogP contribution in [0.3, 0.4) is 0 Å². The molecule has 0 aliphatic carbocycles. The van der Waals surface area contributed by atoms with Gasteiger partial charge in [-0.05, 0) is 18.2 Å². The van der Waals surface area contributed by atoms with Gasteiger partial charge in [0.1, 0.15) is 6.07 Å². The third-order valence-corrected chi connectivity index (χ3v) is 2.23. The second-order valence-corrected chi connectivity index (χ2v) is 3.24. The van der Waals surface area contributed by atoms with Crippen molar-refractivity contribution in [1.29, 1.82) is 5.26 Å². The molecule has 0 saturated carbocycles. The molecule has 1 N–H and O–H groups in total. The highest BCUT2D eigenvalue weighted by Crippen LogP contribution is 2.23. The Kier molecular flexibility index (Phi) is 2.79. The smallest absolute Gasteiger partial charge is 0.337 e. The van der Waals surface area contributed by atoms with Gasteiger partial charge in [0.05, 0.1) is 16.8 Å². The van der Waals surface area contributed by atoms with E-state index in [9.17, 15) is 4.79 Å². The largest absolute Gasteiger partial charge is 0.478 e. The Balaban J connectivity index is 2.69. The molecule has 0 amide bonds. The SMILES string of the molecule is N#Cc1cccnc1-c1ccncc1C(=O)O. The molecule has 2 aromatic rings. The number of aromatic carboxylic acids is 1. The minimum Gasteiger partial charge on any atom is -0.478 e. The Morgan fingerprint density at radius 2 is 2.18 bits per heavy atom. The van der Waals surface area contributed by atoms with E-state index in [0.717, 1.165) is 0 Å². The van der Waals surface area contributed by atoms with Crippen LogP contribution < -0.4 is 0 Å². The van der Waals surface area contributed by atoms with Crippen LogP contribution in [-0.2, 0) is 0 Å². The van der Waals surface area contributed by atoms with E-state index in [0.29, 0.717) is 16.8 Å². The Bertz CT molecular complexity index is 617. The molecule has 2 aromatic heterocycles. The Morgan fingerprint density at radius 1 is 1.35 bits per heavy atom. The first-order chi connectivity index (χ1) is 8.24. The summed E-state index contributed by atoms with van der Waals surface area (Å²) < 4.78 is 0. The topological polar surface area (TPSA) is 86.9 Å². The molecule has 82 valence electrons. The maximum Gasteiger partial charge on any atom is 0.337 e. The van der Waals surface area contributed by atoms with E-state index in [4.69, 9.17) is 10.4 Å². The zero-order valence-corrected chi connectivity index (χ0v) is 8.66. The third-order valence-electron chi connectivity index (χ3n) is 2.23. The van der Waals surface area contributed by atoms with E-state index >= 15 is 0 Å². The number of hydrogen-bond acceptors (Lipinski definition) is 4. The number of carboxylic acids is 1. The number of pyridine rings is 2. The molecule has 0 aliphatic heterocycles. The summed E-state index contributed by atoms with van der Waals surface area (Å²) in [5.41, 5.74) is 1.11. The highest BCUT2D eigenvalue weighted by atomic mass is 16.4. The Morgan fingerprint density at radius 3 is 2.88 bits per heavy atom. The van der Waals surface area contributed by atoms with Crippen LogP contribution in [0.1, 0.15) is 15.9 Å². The highest BCUT2D eigenvalue weighted by molar-refractivity contribution is 5.95. The van der Waals surface area contributed by atoms with Gasteiger partial charge in [-0.1, -0.05) is 0 Å². The van der Waals surface area contributed by atoms with E-state index in [1.165, 1.54) is 24.7 Å². The maximum atomic E-state index is 11.0. The van der Waals surface area contributed by atoms with Gasteiger partial charge in [-0.15, -0.1) is 0 Å². The molecule has 0 unspecified atom stereocenters. The third kappa shape index (κ3) is 1.96. The Labute approximate surface area is 97.0 Å². The second-order valence-electron chi connectivity index (χ2n) is 3.24. The summed E-state index contributed by atoms with van der Waals surface area (Å²) >= 11 is 0. The van der Waals surface area contributed by atoms with Crippen molar-refractivity contribution in [2.24, 2.45) is 0 Å². The molecule has 0 aromatic carbocycles. The van der Waals surface area contributed by atoms with Crippen LogP contribution in [0.15, 0.2) is 36.8 Å². The summed E-state index contributed by atoms with van der Waals surface area (Å²) in [4.78, 5) is 18.8. The molecule has 0 aliphatic rings. The van der Waals surface area contributed by atoms with E-state index < -0.39 is 5.97 Å². The number of nitrogens with zero attached hydrogens (tertiary/aromatic N) is 3. The number of nitriles is 1. The molecule has 2 rings (SSSR count). The molecule has 0 spiro atoms. The zero-order valence-electron chi connectivity index (χ0n) is 8.66. The molecule has 17 heavy (non-hydrogen) atoms. The van der Waals surface area contributed by atoms with E-state index in [-0.39, 0.29) is 5.56 Å². The van der Waals surface area contributed by atoms with E-state index in [1.54, 1.807) is 12.1 Å². The number of carboxylic acid groups (broad SMARTS) is 1. The molecular weight excluding hydrogens is 218 g/mol. The van der Waals surface area contributed by atoms with Crippen molar-refractivity contribution >= 4 is 5.97 Å².